The minimum Gasteiger partial charge on any atom is -0.368 e. The Kier molecular flexibility index (Phi) is 4.88. The second-order valence-electron chi connectivity index (χ2n) is 7.10. The standard InChI is InChI=1S/C19H24ClN7/c1-14-12-18(24(2)3)27-19(21-14)22-17(23-27)13-25-8-10-26(11-9-25)16-7-5-4-6-15(16)20/h4-7,12H,8-11,13H2,1-3H3. The van der Waals surface area contributed by atoms with Crippen LogP contribution < -0.4 is 9.80 Å². The van der Waals surface area contributed by atoms with Gasteiger partial charge in [0.05, 0.1) is 17.3 Å². The fourth-order valence-corrected chi connectivity index (χ4v) is 3.71. The van der Waals surface area contributed by atoms with Gasteiger partial charge in [0.2, 0.25) is 0 Å². The topological polar surface area (TPSA) is 52.8 Å². The quantitative estimate of drug-likeness (QED) is 0.687. The summed E-state index contributed by atoms with van der Waals surface area (Å²) in [6.07, 6.45) is 0. The fraction of sp³-hybridized carbons (Fsp3) is 0.421. The lowest BCUT2D eigenvalue weighted by Gasteiger charge is -2.35. The molecule has 4 rings (SSSR count). The zero-order valence-corrected chi connectivity index (χ0v) is 16.7. The normalized spacial score (nSPS) is 15.5. The Balaban J connectivity index is 1.46. The van der Waals surface area contributed by atoms with Crippen molar-refractivity contribution in [2.45, 2.75) is 13.5 Å². The maximum atomic E-state index is 6.33. The highest BCUT2D eigenvalue weighted by atomic mass is 35.5. The number of para-hydroxylation sites is 1. The van der Waals surface area contributed by atoms with E-state index in [9.17, 15) is 0 Å². The van der Waals surface area contributed by atoms with Gasteiger partial charge in [0.25, 0.3) is 5.78 Å². The Morgan fingerprint density at radius 2 is 1.81 bits per heavy atom. The molecule has 0 unspecified atom stereocenters. The van der Waals surface area contributed by atoms with Crippen molar-refractivity contribution < 1.29 is 0 Å². The highest BCUT2D eigenvalue weighted by molar-refractivity contribution is 6.33. The van der Waals surface area contributed by atoms with Gasteiger partial charge in [0, 0.05) is 52.0 Å². The van der Waals surface area contributed by atoms with Gasteiger partial charge in [-0.3, -0.25) is 4.90 Å². The molecule has 0 aliphatic carbocycles. The summed E-state index contributed by atoms with van der Waals surface area (Å²) in [7, 11) is 4.01. The molecule has 0 spiro atoms. The number of aryl methyl sites for hydroxylation is 1. The number of aromatic nitrogens is 4. The van der Waals surface area contributed by atoms with Crippen LogP contribution in [0.5, 0.6) is 0 Å². The lowest BCUT2D eigenvalue weighted by atomic mass is 10.2. The molecule has 0 radical (unpaired) electrons. The summed E-state index contributed by atoms with van der Waals surface area (Å²) in [6.45, 7) is 6.50. The minimum absolute atomic E-state index is 0.656. The van der Waals surface area contributed by atoms with Crippen LogP contribution in [0.1, 0.15) is 11.5 Å². The van der Waals surface area contributed by atoms with Gasteiger partial charge < -0.3 is 9.80 Å². The zero-order valence-electron chi connectivity index (χ0n) is 15.9. The largest absolute Gasteiger partial charge is 0.368 e. The number of benzene rings is 1. The third-order valence-corrected chi connectivity index (χ3v) is 5.17. The van der Waals surface area contributed by atoms with Crippen LogP contribution in [0.15, 0.2) is 30.3 Å². The van der Waals surface area contributed by atoms with Crippen molar-refractivity contribution in [3.63, 3.8) is 0 Å². The second-order valence-corrected chi connectivity index (χ2v) is 7.51. The second kappa shape index (κ2) is 7.32. The number of rotatable bonds is 4. The monoisotopic (exact) mass is 385 g/mol. The van der Waals surface area contributed by atoms with Crippen LogP contribution in [-0.2, 0) is 6.54 Å². The highest BCUT2D eigenvalue weighted by Gasteiger charge is 2.20. The third-order valence-electron chi connectivity index (χ3n) is 4.85. The van der Waals surface area contributed by atoms with E-state index in [0.29, 0.717) is 5.78 Å². The Morgan fingerprint density at radius 1 is 1.07 bits per heavy atom. The number of halogens is 1. The van der Waals surface area contributed by atoms with Crippen LogP contribution in [0.4, 0.5) is 11.5 Å². The van der Waals surface area contributed by atoms with Crippen molar-refractivity contribution in [3.05, 3.63) is 46.9 Å². The molecule has 0 atom stereocenters. The van der Waals surface area contributed by atoms with Gasteiger partial charge in [-0.05, 0) is 19.1 Å². The molecular formula is C19H24ClN7. The van der Waals surface area contributed by atoms with E-state index >= 15 is 0 Å². The van der Waals surface area contributed by atoms with E-state index in [-0.39, 0.29) is 0 Å². The first-order valence-corrected chi connectivity index (χ1v) is 9.51. The van der Waals surface area contributed by atoms with Crippen LogP contribution in [0.3, 0.4) is 0 Å². The van der Waals surface area contributed by atoms with Crippen molar-refractivity contribution in [1.29, 1.82) is 0 Å². The first-order chi connectivity index (χ1) is 13.0. The van der Waals surface area contributed by atoms with Crippen LogP contribution in [0.25, 0.3) is 5.78 Å². The molecular weight excluding hydrogens is 362 g/mol. The summed E-state index contributed by atoms with van der Waals surface area (Å²) in [5.41, 5.74) is 2.05. The number of fused-ring (bicyclic) bond motifs is 1. The predicted octanol–water partition coefficient (Wildman–Crippen LogP) is 2.47. The molecule has 0 saturated carbocycles. The number of nitrogens with zero attached hydrogens (tertiary/aromatic N) is 7. The third kappa shape index (κ3) is 3.70. The molecule has 1 saturated heterocycles. The van der Waals surface area contributed by atoms with Gasteiger partial charge in [-0.15, -0.1) is 5.10 Å². The van der Waals surface area contributed by atoms with Crippen molar-refractivity contribution in [2.24, 2.45) is 0 Å². The molecule has 1 aliphatic rings. The average Bonchev–Trinajstić information content (AvgIpc) is 3.04. The highest BCUT2D eigenvalue weighted by Crippen LogP contribution is 2.26. The summed E-state index contributed by atoms with van der Waals surface area (Å²) < 4.78 is 1.82. The molecule has 3 aromatic rings. The maximum absolute atomic E-state index is 6.33. The molecule has 7 nitrogen and oxygen atoms in total. The lowest BCUT2D eigenvalue weighted by Crippen LogP contribution is -2.46. The Morgan fingerprint density at radius 3 is 2.52 bits per heavy atom. The number of anilines is 2. The van der Waals surface area contributed by atoms with E-state index in [1.807, 2.05) is 54.7 Å². The molecule has 142 valence electrons. The summed E-state index contributed by atoms with van der Waals surface area (Å²) in [5.74, 6) is 2.45. The molecule has 1 fully saturated rings. The summed E-state index contributed by atoms with van der Waals surface area (Å²) in [6, 6.07) is 10.0. The molecule has 3 heterocycles. The van der Waals surface area contributed by atoms with E-state index in [1.54, 1.807) is 0 Å². The van der Waals surface area contributed by atoms with Gasteiger partial charge in [0.1, 0.15) is 5.82 Å². The van der Waals surface area contributed by atoms with E-state index in [1.165, 1.54) is 0 Å². The Labute approximate surface area is 164 Å². The zero-order chi connectivity index (χ0) is 19.0. The van der Waals surface area contributed by atoms with E-state index < -0.39 is 0 Å². The first-order valence-electron chi connectivity index (χ1n) is 9.14. The Bertz CT molecular complexity index is 944. The SMILES string of the molecule is Cc1cc(N(C)C)n2nc(CN3CCN(c4ccccc4Cl)CC3)nc2n1. The first kappa shape index (κ1) is 18.0. The van der Waals surface area contributed by atoms with Crippen molar-refractivity contribution in [3.8, 4) is 0 Å². The molecule has 1 aromatic carbocycles. The molecule has 0 amide bonds. The number of hydrogen-bond donors (Lipinski definition) is 0. The maximum Gasteiger partial charge on any atom is 0.254 e. The molecule has 2 aromatic heterocycles. The van der Waals surface area contributed by atoms with Gasteiger partial charge in [-0.2, -0.15) is 9.50 Å². The fourth-order valence-electron chi connectivity index (χ4n) is 3.45. The lowest BCUT2D eigenvalue weighted by molar-refractivity contribution is 0.244. The number of piperazine rings is 1. The van der Waals surface area contributed by atoms with Gasteiger partial charge in [-0.1, -0.05) is 23.7 Å². The molecule has 27 heavy (non-hydrogen) atoms. The molecule has 8 heteroatoms. The summed E-state index contributed by atoms with van der Waals surface area (Å²) in [4.78, 5) is 15.9. The smallest absolute Gasteiger partial charge is 0.254 e. The van der Waals surface area contributed by atoms with E-state index in [2.05, 4.69) is 30.9 Å². The van der Waals surface area contributed by atoms with Crippen LogP contribution in [0.2, 0.25) is 5.02 Å². The van der Waals surface area contributed by atoms with Crippen LogP contribution >= 0.6 is 11.6 Å². The van der Waals surface area contributed by atoms with Crippen molar-refractivity contribution in [2.75, 3.05) is 50.1 Å². The van der Waals surface area contributed by atoms with E-state index in [4.69, 9.17) is 11.6 Å². The van der Waals surface area contributed by atoms with Crippen molar-refractivity contribution >= 4 is 28.9 Å². The summed E-state index contributed by atoms with van der Waals surface area (Å²) in [5, 5.41) is 5.50. The molecule has 1 aliphatic heterocycles. The molecule has 0 N–H and O–H groups in total. The molecule has 0 bridgehead atoms. The van der Waals surface area contributed by atoms with Gasteiger partial charge >= 0.3 is 0 Å². The number of hydrogen-bond acceptors (Lipinski definition) is 6. The van der Waals surface area contributed by atoms with Gasteiger partial charge in [0.15, 0.2) is 5.82 Å². The van der Waals surface area contributed by atoms with Gasteiger partial charge in [-0.25, -0.2) is 4.98 Å². The predicted molar refractivity (Wildman–Crippen MR) is 109 cm³/mol. The summed E-state index contributed by atoms with van der Waals surface area (Å²) >= 11 is 6.33. The van der Waals surface area contributed by atoms with Crippen molar-refractivity contribution in [1.82, 2.24) is 24.5 Å². The minimum atomic E-state index is 0.656. The Hall–Kier alpha value is -2.38. The van der Waals surface area contributed by atoms with Crippen LogP contribution in [0, 0.1) is 6.92 Å². The van der Waals surface area contributed by atoms with Crippen LogP contribution in [-0.4, -0.2) is 64.8 Å². The average molecular weight is 386 g/mol. The van der Waals surface area contributed by atoms with E-state index in [0.717, 1.165) is 60.8 Å².